The molecule has 35 heavy (non-hydrogen) atoms. The molecule has 0 N–H and O–H groups in total. The lowest BCUT2D eigenvalue weighted by Gasteiger charge is -2.31. The van der Waals surface area contributed by atoms with Crippen molar-refractivity contribution in [2.24, 2.45) is 0 Å². The van der Waals surface area contributed by atoms with Gasteiger partial charge in [-0.3, -0.25) is 9.59 Å². The molecule has 5 nitrogen and oxygen atoms in total. The lowest BCUT2D eigenvalue weighted by atomic mass is 9.86. The van der Waals surface area contributed by atoms with Gasteiger partial charge in [0.2, 0.25) is 5.91 Å². The molecule has 0 saturated heterocycles. The molecule has 3 rings (SSSR count). The van der Waals surface area contributed by atoms with Crippen LogP contribution in [0.1, 0.15) is 68.3 Å². The van der Waals surface area contributed by atoms with Crippen molar-refractivity contribution in [3.8, 4) is 0 Å². The molecule has 1 unspecified atom stereocenters. The Morgan fingerprint density at radius 3 is 2.20 bits per heavy atom. The van der Waals surface area contributed by atoms with Crippen molar-refractivity contribution in [2.45, 2.75) is 65.5 Å². The zero-order valence-electron chi connectivity index (χ0n) is 21.7. The van der Waals surface area contributed by atoms with Crippen molar-refractivity contribution in [3.05, 3.63) is 95.4 Å². The van der Waals surface area contributed by atoms with E-state index in [1.54, 1.807) is 16.1 Å². The quantitative estimate of drug-likeness (QED) is 0.357. The Bertz CT molecular complexity index is 1070. The highest BCUT2D eigenvalue weighted by Gasteiger charge is 2.26. The Balaban J connectivity index is 1.78. The van der Waals surface area contributed by atoms with Gasteiger partial charge < -0.3 is 14.2 Å². The van der Waals surface area contributed by atoms with E-state index in [-0.39, 0.29) is 29.8 Å². The molecule has 2 aromatic carbocycles. The molecule has 0 aliphatic rings. The molecule has 1 atom stereocenters. The van der Waals surface area contributed by atoms with Crippen molar-refractivity contribution in [2.75, 3.05) is 13.1 Å². The molecule has 2 amide bonds. The summed E-state index contributed by atoms with van der Waals surface area (Å²) in [5.74, 6) is 0.525. The van der Waals surface area contributed by atoms with Crippen LogP contribution in [0.5, 0.6) is 0 Å². The number of furan rings is 1. The molecule has 186 valence electrons. The molecule has 3 aromatic rings. The number of carbonyl (C=O) groups is 2. The lowest BCUT2D eigenvalue weighted by molar-refractivity contribution is -0.133. The van der Waals surface area contributed by atoms with Crippen LogP contribution in [0.4, 0.5) is 0 Å². The second-order valence-corrected chi connectivity index (χ2v) is 10.1. The van der Waals surface area contributed by atoms with Gasteiger partial charge in [0.1, 0.15) is 12.3 Å². The van der Waals surface area contributed by atoms with Crippen molar-refractivity contribution >= 4 is 11.8 Å². The third-order valence-electron chi connectivity index (χ3n) is 6.48. The molecular formula is C30H38N2O3. The average molecular weight is 475 g/mol. The second kappa shape index (κ2) is 11.9. The minimum atomic E-state index is -0.117. The fraction of sp³-hybridized carbons (Fsp3) is 0.400. The first kappa shape index (κ1) is 26.3. The van der Waals surface area contributed by atoms with Crippen LogP contribution in [0.25, 0.3) is 0 Å². The Morgan fingerprint density at radius 2 is 1.63 bits per heavy atom. The maximum Gasteiger partial charge on any atom is 0.254 e. The van der Waals surface area contributed by atoms with Crippen LogP contribution < -0.4 is 0 Å². The minimum Gasteiger partial charge on any atom is -0.467 e. The topological polar surface area (TPSA) is 53.8 Å². The van der Waals surface area contributed by atoms with Gasteiger partial charge in [-0.05, 0) is 60.6 Å². The summed E-state index contributed by atoms with van der Waals surface area (Å²) >= 11 is 0. The molecule has 1 heterocycles. The third kappa shape index (κ3) is 7.32. The van der Waals surface area contributed by atoms with Crippen LogP contribution in [-0.2, 0) is 23.2 Å². The Morgan fingerprint density at radius 1 is 0.943 bits per heavy atom. The van der Waals surface area contributed by atoms with Gasteiger partial charge in [0.05, 0.1) is 12.8 Å². The predicted octanol–water partition coefficient (Wildman–Crippen LogP) is 6.09. The molecule has 0 saturated carbocycles. The average Bonchev–Trinajstić information content (AvgIpc) is 3.37. The molecule has 0 fully saturated rings. The zero-order valence-corrected chi connectivity index (χ0v) is 21.7. The number of hydrogen-bond acceptors (Lipinski definition) is 3. The van der Waals surface area contributed by atoms with E-state index in [4.69, 9.17) is 4.42 Å². The van der Waals surface area contributed by atoms with Crippen LogP contribution in [0, 0.1) is 0 Å². The molecule has 0 spiro atoms. The number of nitrogens with zero attached hydrogens (tertiary/aromatic N) is 2. The zero-order chi connectivity index (χ0) is 25.4. The summed E-state index contributed by atoms with van der Waals surface area (Å²) < 4.78 is 5.52. The van der Waals surface area contributed by atoms with Gasteiger partial charge in [-0.1, -0.05) is 70.2 Å². The number of benzene rings is 2. The van der Waals surface area contributed by atoms with E-state index in [1.807, 2.05) is 68.4 Å². The molecule has 0 aliphatic heterocycles. The van der Waals surface area contributed by atoms with Crippen molar-refractivity contribution in [1.82, 2.24) is 9.80 Å². The van der Waals surface area contributed by atoms with E-state index in [1.165, 1.54) is 11.1 Å². The predicted molar refractivity (Wildman–Crippen MR) is 140 cm³/mol. The fourth-order valence-corrected chi connectivity index (χ4v) is 3.96. The van der Waals surface area contributed by atoms with E-state index in [0.717, 1.165) is 18.6 Å². The van der Waals surface area contributed by atoms with E-state index in [2.05, 4.69) is 32.9 Å². The van der Waals surface area contributed by atoms with Crippen LogP contribution in [0.2, 0.25) is 0 Å². The summed E-state index contributed by atoms with van der Waals surface area (Å²) in [6.45, 7) is 11.4. The van der Waals surface area contributed by atoms with Gasteiger partial charge in [-0.15, -0.1) is 0 Å². The highest BCUT2D eigenvalue weighted by Crippen LogP contribution is 2.23. The van der Waals surface area contributed by atoms with Crippen LogP contribution >= 0.6 is 0 Å². The molecule has 5 heteroatoms. The largest absolute Gasteiger partial charge is 0.467 e. The highest BCUT2D eigenvalue weighted by atomic mass is 16.3. The van der Waals surface area contributed by atoms with Gasteiger partial charge in [-0.25, -0.2) is 0 Å². The maximum atomic E-state index is 13.5. The summed E-state index contributed by atoms with van der Waals surface area (Å²) in [7, 11) is 0. The third-order valence-corrected chi connectivity index (χ3v) is 6.48. The molecular weight excluding hydrogens is 436 g/mol. The van der Waals surface area contributed by atoms with Crippen LogP contribution in [-0.4, -0.2) is 40.7 Å². The SMILES string of the molecule is CCC(C)N(CC(=O)N(CCc1ccccc1)Cc1ccco1)C(=O)c1ccc(C(C)(C)C)cc1. The van der Waals surface area contributed by atoms with Crippen molar-refractivity contribution in [1.29, 1.82) is 0 Å². The molecule has 0 aliphatic carbocycles. The van der Waals surface area contributed by atoms with Gasteiger partial charge in [0.25, 0.3) is 5.91 Å². The van der Waals surface area contributed by atoms with E-state index >= 15 is 0 Å². The number of carbonyl (C=O) groups excluding carboxylic acids is 2. The standard InChI is InChI=1S/C30H38N2O3/c1-6-23(2)32(29(34)25-14-16-26(17-15-25)30(3,4)5)22-28(33)31(21-27-13-10-20-35-27)19-18-24-11-8-7-9-12-24/h7-17,20,23H,6,18-19,21-22H2,1-5H3. The van der Waals surface area contributed by atoms with Crippen molar-refractivity contribution < 1.29 is 14.0 Å². The summed E-state index contributed by atoms with van der Waals surface area (Å²) in [4.78, 5) is 30.5. The summed E-state index contributed by atoms with van der Waals surface area (Å²) in [6, 6.07) is 21.5. The fourth-order valence-electron chi connectivity index (χ4n) is 3.96. The smallest absolute Gasteiger partial charge is 0.254 e. The monoisotopic (exact) mass is 474 g/mol. The number of amides is 2. The Hall–Kier alpha value is -3.34. The van der Waals surface area contributed by atoms with E-state index < -0.39 is 0 Å². The van der Waals surface area contributed by atoms with Crippen LogP contribution in [0.3, 0.4) is 0 Å². The van der Waals surface area contributed by atoms with Crippen molar-refractivity contribution in [3.63, 3.8) is 0 Å². The first-order chi connectivity index (χ1) is 16.7. The summed E-state index contributed by atoms with van der Waals surface area (Å²) in [5, 5.41) is 0. The lowest BCUT2D eigenvalue weighted by Crippen LogP contribution is -2.46. The van der Waals surface area contributed by atoms with E-state index in [0.29, 0.717) is 18.7 Å². The molecule has 0 radical (unpaired) electrons. The van der Waals surface area contributed by atoms with Gasteiger partial charge >= 0.3 is 0 Å². The number of hydrogen-bond donors (Lipinski definition) is 0. The summed E-state index contributed by atoms with van der Waals surface area (Å²) in [6.07, 6.45) is 3.12. The maximum absolute atomic E-state index is 13.5. The van der Waals surface area contributed by atoms with Crippen LogP contribution in [0.15, 0.2) is 77.4 Å². The number of rotatable bonds is 10. The summed E-state index contributed by atoms with van der Waals surface area (Å²) in [5.41, 5.74) is 2.95. The van der Waals surface area contributed by atoms with Gasteiger partial charge in [-0.2, -0.15) is 0 Å². The molecule has 0 bridgehead atoms. The van der Waals surface area contributed by atoms with E-state index in [9.17, 15) is 9.59 Å². The molecule has 1 aromatic heterocycles. The second-order valence-electron chi connectivity index (χ2n) is 10.1. The highest BCUT2D eigenvalue weighted by molar-refractivity contribution is 5.96. The Labute approximate surface area is 209 Å². The normalized spacial score (nSPS) is 12.3. The Kier molecular flexibility index (Phi) is 8.91. The first-order valence-corrected chi connectivity index (χ1v) is 12.4. The first-order valence-electron chi connectivity index (χ1n) is 12.4. The van der Waals surface area contributed by atoms with Gasteiger partial charge in [0.15, 0.2) is 0 Å². The van der Waals surface area contributed by atoms with Gasteiger partial charge in [0, 0.05) is 18.2 Å². The minimum absolute atomic E-state index is 0.0129.